The molecular weight excluding hydrogens is 362 g/mol. The lowest BCUT2D eigenvalue weighted by atomic mass is 10.1. The van der Waals surface area contributed by atoms with E-state index in [9.17, 15) is 9.59 Å². The van der Waals surface area contributed by atoms with Crippen LogP contribution >= 0.6 is 0 Å². The summed E-state index contributed by atoms with van der Waals surface area (Å²) in [6.07, 6.45) is 1.85. The molecule has 28 heavy (non-hydrogen) atoms. The summed E-state index contributed by atoms with van der Waals surface area (Å²) in [5, 5.41) is 18.3. The molecule has 0 bridgehead atoms. The van der Waals surface area contributed by atoms with Gasteiger partial charge in [-0.3, -0.25) is 4.79 Å². The van der Waals surface area contributed by atoms with Gasteiger partial charge in [0.1, 0.15) is 5.76 Å². The highest BCUT2D eigenvalue weighted by atomic mass is 16.4. The number of aromatic carboxylic acids is 1. The van der Waals surface area contributed by atoms with E-state index in [1.165, 1.54) is 5.12 Å². The van der Waals surface area contributed by atoms with Crippen molar-refractivity contribution in [2.24, 2.45) is 10.2 Å². The zero-order chi connectivity index (χ0) is 20.7. The number of hydrogen-bond donors (Lipinski definition) is 1. The molecule has 1 N–H and O–H groups in total. The molecule has 0 unspecified atom stereocenters. The monoisotopic (exact) mass is 385 g/mol. The molecule has 0 fully saturated rings. The molecule has 0 spiro atoms. The van der Waals surface area contributed by atoms with Gasteiger partial charge < -0.3 is 14.4 Å². The van der Waals surface area contributed by atoms with Crippen molar-refractivity contribution in [3.05, 3.63) is 47.2 Å². The Balaban J connectivity index is 2.21. The van der Waals surface area contributed by atoms with Crippen molar-refractivity contribution in [3.63, 3.8) is 0 Å². The van der Waals surface area contributed by atoms with Crippen molar-refractivity contribution in [2.75, 3.05) is 18.2 Å². The SMILES string of the molecule is C=NN(/N=C\C)c1ccccc1C(=O)N(CC)CCc1nc(C(=O)O)c(C)o1. The molecule has 1 amide bonds. The highest BCUT2D eigenvalue weighted by Gasteiger charge is 2.22. The number of benzene rings is 1. The third-order valence-corrected chi connectivity index (χ3v) is 4.02. The lowest BCUT2D eigenvalue weighted by Gasteiger charge is -2.23. The number of aromatic nitrogens is 1. The van der Waals surface area contributed by atoms with Gasteiger partial charge in [0.15, 0.2) is 11.6 Å². The summed E-state index contributed by atoms with van der Waals surface area (Å²) in [6.45, 7) is 9.41. The van der Waals surface area contributed by atoms with E-state index >= 15 is 0 Å². The van der Waals surface area contributed by atoms with Crippen LogP contribution in [0.2, 0.25) is 0 Å². The summed E-state index contributed by atoms with van der Waals surface area (Å²) in [4.78, 5) is 29.7. The van der Waals surface area contributed by atoms with Crippen molar-refractivity contribution < 1.29 is 19.1 Å². The number of oxazole rings is 1. The number of carbonyl (C=O) groups is 2. The van der Waals surface area contributed by atoms with Crippen molar-refractivity contribution in [1.29, 1.82) is 0 Å². The number of carboxylic acids is 1. The van der Waals surface area contributed by atoms with Crippen LogP contribution in [0.3, 0.4) is 0 Å². The number of carbonyl (C=O) groups excluding carboxylic acids is 1. The first kappa shape index (κ1) is 20.8. The summed E-state index contributed by atoms with van der Waals surface area (Å²) in [5.74, 6) is -0.829. The third kappa shape index (κ3) is 4.61. The van der Waals surface area contributed by atoms with Gasteiger partial charge in [-0.1, -0.05) is 12.1 Å². The Hall–Kier alpha value is -3.49. The van der Waals surface area contributed by atoms with Gasteiger partial charge in [-0.25, -0.2) is 9.78 Å². The zero-order valence-electron chi connectivity index (χ0n) is 16.1. The van der Waals surface area contributed by atoms with Crippen molar-refractivity contribution in [1.82, 2.24) is 9.88 Å². The number of anilines is 1. The normalized spacial score (nSPS) is 10.8. The fourth-order valence-electron chi connectivity index (χ4n) is 2.67. The van der Waals surface area contributed by atoms with Crippen LogP contribution in [0.1, 0.15) is 46.3 Å². The van der Waals surface area contributed by atoms with Gasteiger partial charge in [-0.15, -0.1) is 0 Å². The average molecular weight is 385 g/mol. The first-order valence-electron chi connectivity index (χ1n) is 8.76. The summed E-state index contributed by atoms with van der Waals surface area (Å²) in [7, 11) is 0. The van der Waals surface area contributed by atoms with E-state index in [0.717, 1.165) is 0 Å². The molecule has 148 valence electrons. The molecule has 1 aromatic carbocycles. The van der Waals surface area contributed by atoms with E-state index in [0.29, 0.717) is 30.8 Å². The summed E-state index contributed by atoms with van der Waals surface area (Å²) in [6, 6.07) is 6.98. The van der Waals surface area contributed by atoms with Crippen LogP contribution in [-0.4, -0.2) is 52.9 Å². The van der Waals surface area contributed by atoms with Crippen LogP contribution in [0.4, 0.5) is 5.69 Å². The topological polar surface area (TPSA) is 112 Å². The standard InChI is InChI=1S/C19H23N5O4/c1-5-21-24(20-4)15-10-8-7-9-14(15)18(25)23(6-2)12-11-16-22-17(19(26)27)13(3)28-16/h5,7-10H,4,6,11-12H2,1-3H3,(H,26,27)/b21-5-. The molecule has 0 aliphatic heterocycles. The molecule has 2 rings (SSSR count). The van der Waals surface area contributed by atoms with Crippen LogP contribution in [0, 0.1) is 6.92 Å². The molecule has 9 heteroatoms. The van der Waals surface area contributed by atoms with E-state index in [2.05, 4.69) is 21.9 Å². The van der Waals surface area contributed by atoms with E-state index in [1.807, 2.05) is 6.92 Å². The van der Waals surface area contributed by atoms with Gasteiger partial charge in [-0.2, -0.15) is 15.3 Å². The second-order valence-electron chi connectivity index (χ2n) is 5.77. The summed E-state index contributed by atoms with van der Waals surface area (Å²) in [5.41, 5.74) is 0.830. The van der Waals surface area contributed by atoms with Gasteiger partial charge in [-0.05, 0) is 32.9 Å². The smallest absolute Gasteiger partial charge is 0.358 e. The molecule has 0 atom stereocenters. The molecular formula is C19H23N5O4. The molecule has 0 radical (unpaired) electrons. The Bertz CT molecular complexity index is 890. The quantitative estimate of drug-likeness (QED) is 0.525. The minimum absolute atomic E-state index is 0.111. The Kier molecular flexibility index (Phi) is 7.02. The first-order valence-corrected chi connectivity index (χ1v) is 8.76. The number of hydrazone groups is 2. The number of nitrogens with zero attached hydrogens (tertiary/aromatic N) is 5. The second-order valence-corrected chi connectivity index (χ2v) is 5.77. The minimum Gasteiger partial charge on any atom is -0.476 e. The minimum atomic E-state index is -1.14. The number of rotatable bonds is 9. The van der Waals surface area contributed by atoms with Crippen molar-refractivity contribution in [3.8, 4) is 0 Å². The maximum Gasteiger partial charge on any atom is 0.358 e. The van der Waals surface area contributed by atoms with Crippen LogP contribution in [-0.2, 0) is 6.42 Å². The van der Waals surface area contributed by atoms with Gasteiger partial charge in [0.05, 0.1) is 11.3 Å². The second kappa shape index (κ2) is 9.45. The van der Waals surface area contributed by atoms with Crippen LogP contribution in [0.25, 0.3) is 0 Å². The summed E-state index contributed by atoms with van der Waals surface area (Å²) >= 11 is 0. The third-order valence-electron chi connectivity index (χ3n) is 4.02. The van der Waals surface area contributed by atoms with E-state index in [-0.39, 0.29) is 23.3 Å². The van der Waals surface area contributed by atoms with E-state index < -0.39 is 5.97 Å². The van der Waals surface area contributed by atoms with Gasteiger partial charge in [0.2, 0.25) is 0 Å². The molecule has 0 saturated heterocycles. The van der Waals surface area contributed by atoms with E-state index in [4.69, 9.17) is 9.52 Å². The largest absolute Gasteiger partial charge is 0.476 e. The van der Waals surface area contributed by atoms with Gasteiger partial charge in [0, 0.05) is 32.4 Å². The van der Waals surface area contributed by atoms with E-state index in [1.54, 1.807) is 49.2 Å². The number of aryl methyl sites for hydroxylation is 1. The highest BCUT2D eigenvalue weighted by molar-refractivity contribution is 5.99. The number of carboxylic acid groups (broad SMARTS) is 1. The maximum atomic E-state index is 13.1. The predicted molar refractivity (Wildman–Crippen MR) is 106 cm³/mol. The fraction of sp³-hybridized carbons (Fsp3) is 0.316. The first-order chi connectivity index (χ1) is 13.4. The Labute approximate surface area is 163 Å². The Morgan fingerprint density at radius 3 is 2.64 bits per heavy atom. The van der Waals surface area contributed by atoms with Crippen molar-refractivity contribution in [2.45, 2.75) is 27.2 Å². The molecule has 9 nitrogen and oxygen atoms in total. The average Bonchev–Trinajstić information content (AvgIpc) is 3.07. The molecule has 0 saturated carbocycles. The molecule has 0 aliphatic rings. The molecule has 1 heterocycles. The number of hydrogen-bond acceptors (Lipinski definition) is 7. The van der Waals surface area contributed by atoms with Gasteiger partial charge in [0.25, 0.3) is 5.91 Å². The number of amides is 1. The summed E-state index contributed by atoms with van der Waals surface area (Å²) < 4.78 is 5.39. The number of likely N-dealkylation sites (N-methyl/N-ethyl adjacent to an activating group) is 1. The highest BCUT2D eigenvalue weighted by Crippen LogP contribution is 2.23. The lowest BCUT2D eigenvalue weighted by molar-refractivity contribution is 0.0688. The molecule has 0 aliphatic carbocycles. The predicted octanol–water partition coefficient (Wildman–Crippen LogP) is 2.81. The zero-order valence-corrected chi connectivity index (χ0v) is 16.1. The fourth-order valence-corrected chi connectivity index (χ4v) is 2.67. The molecule has 1 aromatic heterocycles. The Morgan fingerprint density at radius 2 is 2.07 bits per heavy atom. The van der Waals surface area contributed by atoms with Crippen LogP contribution < -0.4 is 5.12 Å². The Morgan fingerprint density at radius 1 is 1.36 bits per heavy atom. The van der Waals surface area contributed by atoms with Crippen LogP contribution in [0.5, 0.6) is 0 Å². The number of para-hydroxylation sites is 1. The van der Waals surface area contributed by atoms with Gasteiger partial charge >= 0.3 is 5.97 Å². The van der Waals surface area contributed by atoms with Crippen molar-refractivity contribution >= 4 is 30.5 Å². The van der Waals surface area contributed by atoms with Crippen LogP contribution in [0.15, 0.2) is 38.9 Å². The molecule has 2 aromatic rings. The maximum absolute atomic E-state index is 13.1. The lowest BCUT2D eigenvalue weighted by Crippen LogP contribution is -2.33.